The highest BCUT2D eigenvalue weighted by Gasteiger charge is 2.33. The number of aromatic carboxylic acids is 1. The lowest BCUT2D eigenvalue weighted by Gasteiger charge is -2.16. The maximum absolute atomic E-state index is 13.5. The van der Waals surface area contributed by atoms with Crippen LogP contribution in [0.5, 0.6) is 0 Å². The summed E-state index contributed by atoms with van der Waals surface area (Å²) in [5.41, 5.74) is -0.594. The number of halogens is 4. The van der Waals surface area contributed by atoms with Crippen LogP contribution in [-0.2, 0) is 16.0 Å². The van der Waals surface area contributed by atoms with Crippen molar-refractivity contribution in [3.8, 4) is 22.3 Å². The molecule has 0 radical (unpaired) electrons. The second kappa shape index (κ2) is 8.41. The highest BCUT2D eigenvalue weighted by atomic mass is 35.5. The van der Waals surface area contributed by atoms with Gasteiger partial charge in [0.2, 0.25) is 0 Å². The Morgan fingerprint density at radius 1 is 1.00 bits per heavy atom. The van der Waals surface area contributed by atoms with E-state index in [1.807, 2.05) is 0 Å². The molecule has 1 aromatic heterocycles. The molecule has 174 valence electrons. The van der Waals surface area contributed by atoms with E-state index >= 15 is 0 Å². The van der Waals surface area contributed by atoms with Gasteiger partial charge < -0.3 is 5.11 Å². The molecule has 0 saturated carbocycles. The number of fused-ring (bicyclic) bond motifs is 1. The van der Waals surface area contributed by atoms with Crippen molar-refractivity contribution in [3.05, 3.63) is 83.0 Å². The summed E-state index contributed by atoms with van der Waals surface area (Å²) in [5, 5.41) is 10.0. The van der Waals surface area contributed by atoms with E-state index in [2.05, 4.69) is 4.98 Å². The minimum atomic E-state index is -4.62. The number of aromatic nitrogens is 1. The molecule has 0 aliphatic heterocycles. The Morgan fingerprint density at radius 2 is 1.71 bits per heavy atom. The Labute approximate surface area is 197 Å². The maximum Gasteiger partial charge on any atom is 0.418 e. The Balaban J connectivity index is 2.04. The number of hydrogen-bond acceptors (Lipinski definition) is 4. The third-order valence-corrected chi connectivity index (χ3v) is 6.75. The number of nitrogens with zero attached hydrogens (tertiary/aromatic N) is 1. The molecule has 4 aromatic rings. The molecule has 1 heterocycles. The molecule has 0 amide bonds. The molecule has 0 aliphatic carbocycles. The molecule has 34 heavy (non-hydrogen) atoms. The lowest BCUT2D eigenvalue weighted by atomic mass is 9.94. The van der Waals surface area contributed by atoms with Gasteiger partial charge in [0.05, 0.1) is 21.5 Å². The van der Waals surface area contributed by atoms with Crippen LogP contribution in [0.15, 0.2) is 71.8 Å². The summed E-state index contributed by atoms with van der Waals surface area (Å²) in [7, 11) is -3.81. The summed E-state index contributed by atoms with van der Waals surface area (Å²) in [6.45, 7) is 0. The molecule has 4 rings (SSSR count). The zero-order valence-electron chi connectivity index (χ0n) is 17.4. The monoisotopic (exact) mass is 505 g/mol. The van der Waals surface area contributed by atoms with E-state index in [-0.39, 0.29) is 37.5 Å². The number of carbonyl (C=O) groups is 1. The molecule has 5 nitrogen and oxygen atoms in total. The SMILES string of the molecule is CS(=O)(=O)c1cccc(C(=O)O)c1-c1ccc(Cl)c(-c2ccnc3c(C(F)(F)F)cccc23)c1. The third-order valence-electron chi connectivity index (χ3n) is 5.28. The second-order valence-corrected chi connectivity index (χ2v) is 9.90. The fourth-order valence-electron chi connectivity index (χ4n) is 3.84. The minimum absolute atomic E-state index is 0.0373. The van der Waals surface area contributed by atoms with Crippen LogP contribution in [0.4, 0.5) is 13.2 Å². The average molecular weight is 506 g/mol. The van der Waals surface area contributed by atoms with E-state index in [4.69, 9.17) is 11.6 Å². The van der Waals surface area contributed by atoms with Crippen LogP contribution in [0.2, 0.25) is 5.02 Å². The van der Waals surface area contributed by atoms with Crippen molar-refractivity contribution >= 4 is 38.3 Å². The normalized spacial score (nSPS) is 12.1. The van der Waals surface area contributed by atoms with E-state index < -0.39 is 27.5 Å². The summed E-state index contributed by atoms with van der Waals surface area (Å²) < 4.78 is 65.3. The number of carboxylic acids is 1. The Hall–Kier alpha value is -3.43. The van der Waals surface area contributed by atoms with Gasteiger partial charge in [0.1, 0.15) is 0 Å². The number of para-hydroxylation sites is 1. The van der Waals surface area contributed by atoms with Gasteiger partial charge in [0, 0.05) is 34.0 Å². The molecule has 0 spiro atoms. The summed E-state index contributed by atoms with van der Waals surface area (Å²) >= 11 is 6.40. The standard InChI is InChI=1S/C24H15ClF3NO4S/c1-34(32,33)20-7-3-5-16(23(30)31)21(20)13-8-9-19(25)17(12-13)14-10-11-29-22-15(14)4-2-6-18(22)24(26,27)28/h2-12H,1H3,(H,30,31). The van der Waals surface area contributed by atoms with Gasteiger partial charge in [-0.3, -0.25) is 4.98 Å². The number of hydrogen-bond donors (Lipinski definition) is 1. The zero-order chi connectivity index (χ0) is 24.8. The average Bonchev–Trinajstić information content (AvgIpc) is 2.77. The van der Waals surface area contributed by atoms with Crippen LogP contribution in [0, 0.1) is 0 Å². The molecule has 0 saturated heterocycles. The van der Waals surface area contributed by atoms with Crippen LogP contribution in [0.1, 0.15) is 15.9 Å². The molecule has 0 bridgehead atoms. The fraction of sp³-hybridized carbons (Fsp3) is 0.0833. The first-order chi connectivity index (χ1) is 15.9. The van der Waals surface area contributed by atoms with Crippen molar-refractivity contribution < 1.29 is 31.5 Å². The van der Waals surface area contributed by atoms with Gasteiger partial charge >= 0.3 is 12.1 Å². The van der Waals surface area contributed by atoms with Crippen molar-refractivity contribution in [1.29, 1.82) is 0 Å². The smallest absolute Gasteiger partial charge is 0.418 e. The van der Waals surface area contributed by atoms with Crippen LogP contribution in [0.3, 0.4) is 0 Å². The van der Waals surface area contributed by atoms with Crippen molar-refractivity contribution in [2.75, 3.05) is 6.26 Å². The van der Waals surface area contributed by atoms with Crippen molar-refractivity contribution in [2.45, 2.75) is 11.1 Å². The Bertz CT molecular complexity index is 1570. The predicted molar refractivity (Wildman–Crippen MR) is 123 cm³/mol. The van der Waals surface area contributed by atoms with Crippen molar-refractivity contribution in [3.63, 3.8) is 0 Å². The topological polar surface area (TPSA) is 84.3 Å². The van der Waals surface area contributed by atoms with Crippen LogP contribution < -0.4 is 0 Å². The Morgan fingerprint density at radius 3 is 2.35 bits per heavy atom. The number of rotatable bonds is 4. The van der Waals surface area contributed by atoms with Gasteiger partial charge in [-0.2, -0.15) is 13.2 Å². The summed E-state index contributed by atoms with van der Waals surface area (Å²) in [5.74, 6) is -1.33. The predicted octanol–water partition coefficient (Wildman–Crippen LogP) is 6.34. The summed E-state index contributed by atoms with van der Waals surface area (Å²) in [6.07, 6.45) is -2.44. The van der Waals surface area contributed by atoms with E-state index in [0.29, 0.717) is 11.1 Å². The second-order valence-electron chi connectivity index (χ2n) is 7.51. The largest absolute Gasteiger partial charge is 0.478 e. The molecule has 0 unspecified atom stereocenters. The molecule has 10 heteroatoms. The first kappa shape index (κ1) is 23.7. The van der Waals surface area contributed by atoms with Gasteiger partial charge in [-0.05, 0) is 47.5 Å². The summed E-state index contributed by atoms with van der Waals surface area (Å²) in [6, 6.07) is 13.4. The van der Waals surface area contributed by atoms with Gasteiger partial charge in [-0.15, -0.1) is 0 Å². The highest BCUT2D eigenvalue weighted by Crippen LogP contribution is 2.41. The minimum Gasteiger partial charge on any atom is -0.478 e. The van der Waals surface area contributed by atoms with Crippen LogP contribution >= 0.6 is 11.6 Å². The number of alkyl halides is 3. The van der Waals surface area contributed by atoms with E-state index in [1.165, 1.54) is 60.8 Å². The zero-order valence-corrected chi connectivity index (χ0v) is 19.0. The maximum atomic E-state index is 13.5. The number of carboxylic acid groups (broad SMARTS) is 1. The van der Waals surface area contributed by atoms with Crippen molar-refractivity contribution in [1.82, 2.24) is 4.98 Å². The first-order valence-corrected chi connectivity index (χ1v) is 12.0. The quantitative estimate of drug-likeness (QED) is 0.350. The van der Waals surface area contributed by atoms with E-state index in [9.17, 15) is 31.5 Å². The third kappa shape index (κ3) is 4.24. The van der Waals surface area contributed by atoms with Gasteiger partial charge in [-0.25, -0.2) is 13.2 Å². The van der Waals surface area contributed by atoms with E-state index in [1.54, 1.807) is 0 Å². The van der Waals surface area contributed by atoms with Crippen LogP contribution in [-0.4, -0.2) is 30.7 Å². The highest BCUT2D eigenvalue weighted by molar-refractivity contribution is 7.90. The summed E-state index contributed by atoms with van der Waals surface area (Å²) in [4.78, 5) is 15.6. The van der Waals surface area contributed by atoms with Gasteiger partial charge in [-0.1, -0.05) is 35.9 Å². The molecular weight excluding hydrogens is 491 g/mol. The lowest BCUT2D eigenvalue weighted by molar-refractivity contribution is -0.136. The molecule has 0 atom stereocenters. The number of benzene rings is 3. The lowest BCUT2D eigenvalue weighted by Crippen LogP contribution is -2.07. The first-order valence-electron chi connectivity index (χ1n) is 9.71. The Kier molecular flexibility index (Phi) is 5.87. The molecule has 1 N–H and O–H groups in total. The molecule has 3 aromatic carbocycles. The van der Waals surface area contributed by atoms with Gasteiger partial charge in [0.15, 0.2) is 9.84 Å². The van der Waals surface area contributed by atoms with E-state index in [0.717, 1.165) is 12.3 Å². The van der Waals surface area contributed by atoms with Crippen LogP contribution in [0.25, 0.3) is 33.2 Å². The molecule has 0 aliphatic rings. The molecule has 0 fully saturated rings. The van der Waals surface area contributed by atoms with Crippen molar-refractivity contribution in [2.24, 2.45) is 0 Å². The number of pyridine rings is 1. The fourth-order valence-corrected chi connectivity index (χ4v) is 4.99. The van der Waals surface area contributed by atoms with Gasteiger partial charge in [0.25, 0.3) is 0 Å². The molecular formula is C24H15ClF3NO4S. The number of sulfone groups is 1.